The minimum atomic E-state index is -2.16. The average molecular weight is 482 g/mol. The van der Waals surface area contributed by atoms with Crippen LogP contribution in [0.15, 0.2) is 42.5 Å². The van der Waals surface area contributed by atoms with Crippen molar-refractivity contribution in [3.63, 3.8) is 0 Å². The number of rotatable bonds is 7. The summed E-state index contributed by atoms with van der Waals surface area (Å²) in [5.41, 5.74) is 6.32. The molecule has 0 unspecified atom stereocenters. The van der Waals surface area contributed by atoms with E-state index in [1.165, 1.54) is 35.2 Å². The molecule has 34 heavy (non-hydrogen) atoms. The second-order valence-electron chi connectivity index (χ2n) is 10.7. The number of nitrogens with one attached hydrogen (secondary N) is 1. The van der Waals surface area contributed by atoms with Crippen LogP contribution in [0.3, 0.4) is 0 Å². The summed E-state index contributed by atoms with van der Waals surface area (Å²) in [4.78, 5) is 15.4. The number of fused-ring (bicyclic) bond motifs is 1. The van der Waals surface area contributed by atoms with Crippen molar-refractivity contribution in [1.82, 2.24) is 9.62 Å². The molecule has 2 fully saturated rings. The summed E-state index contributed by atoms with van der Waals surface area (Å²) in [6, 6.07) is 15.2. The van der Waals surface area contributed by atoms with Gasteiger partial charge in [0.1, 0.15) is 0 Å². The Hall–Kier alpha value is -2.18. The molecule has 0 aromatic heterocycles. The smallest absolute Gasteiger partial charge is 0.251 e. The highest BCUT2D eigenvalue weighted by molar-refractivity contribution is 7.99. The van der Waals surface area contributed by atoms with Gasteiger partial charge in [-0.3, -0.25) is 9.00 Å². The number of hydrogen-bond donors (Lipinski definition) is 2. The van der Waals surface area contributed by atoms with E-state index in [1.54, 1.807) is 0 Å². The fraction of sp³-hybridized carbons (Fsp3) is 0.536. The van der Waals surface area contributed by atoms with E-state index in [4.69, 9.17) is 0 Å². The van der Waals surface area contributed by atoms with Gasteiger partial charge in [0.05, 0.1) is 0 Å². The van der Waals surface area contributed by atoms with E-state index in [2.05, 4.69) is 50.9 Å². The van der Waals surface area contributed by atoms with Crippen LogP contribution in [-0.2, 0) is 23.1 Å². The highest BCUT2D eigenvalue weighted by atomic mass is 32.3. The zero-order valence-electron chi connectivity index (χ0n) is 20.6. The molecule has 3 aliphatic rings. The van der Waals surface area contributed by atoms with Crippen LogP contribution in [0.5, 0.6) is 0 Å². The Bertz CT molecular complexity index is 1080. The first-order valence-electron chi connectivity index (χ1n) is 12.9. The molecule has 1 aliphatic carbocycles. The summed E-state index contributed by atoms with van der Waals surface area (Å²) >= 11 is 0. The maximum absolute atomic E-state index is 12.9. The van der Waals surface area contributed by atoms with Crippen molar-refractivity contribution in [2.24, 2.45) is 5.92 Å². The molecular formula is C28H39N3O2S. The molecule has 0 bridgehead atoms. The van der Waals surface area contributed by atoms with Crippen molar-refractivity contribution in [2.45, 2.75) is 51.0 Å². The van der Waals surface area contributed by atoms with Crippen LogP contribution in [0.2, 0.25) is 0 Å². The molecule has 1 saturated heterocycles. The van der Waals surface area contributed by atoms with Gasteiger partial charge in [0.2, 0.25) is 0 Å². The third-order valence-electron chi connectivity index (χ3n) is 7.81. The molecule has 1 saturated carbocycles. The lowest BCUT2D eigenvalue weighted by atomic mass is 9.96. The van der Waals surface area contributed by atoms with Crippen LogP contribution >= 0.6 is 0 Å². The van der Waals surface area contributed by atoms with Gasteiger partial charge >= 0.3 is 0 Å². The third-order valence-corrected chi connectivity index (χ3v) is 9.58. The average Bonchev–Trinajstić information content (AvgIpc) is 3.68. The molecule has 1 N–H and O–H groups in total. The van der Waals surface area contributed by atoms with Crippen molar-refractivity contribution in [3.05, 3.63) is 64.7 Å². The molecule has 6 heteroatoms. The van der Waals surface area contributed by atoms with Crippen molar-refractivity contribution < 1.29 is 9.00 Å². The predicted octanol–water partition coefficient (Wildman–Crippen LogP) is 4.15. The number of carbonyl (C=O) groups excluding carboxylic acids is 1. The number of anilines is 1. The molecule has 5 nitrogen and oxygen atoms in total. The van der Waals surface area contributed by atoms with Gasteiger partial charge in [-0.2, -0.15) is 0 Å². The first kappa shape index (κ1) is 23.6. The molecule has 0 atom stereocenters. The SMILES string of the molecule is C[SH](C)(=O)N1CCC(CNC(=O)c2ccc3c(c2)CCCN3Cc2ccccc2C2CC2)CC1. The van der Waals surface area contributed by atoms with Gasteiger partial charge in [0.15, 0.2) is 0 Å². The van der Waals surface area contributed by atoms with Gasteiger partial charge in [0, 0.05) is 56.5 Å². The normalized spacial score (nSPS) is 20.1. The van der Waals surface area contributed by atoms with Crippen molar-refractivity contribution in [2.75, 3.05) is 43.6 Å². The van der Waals surface area contributed by atoms with Crippen molar-refractivity contribution in [1.29, 1.82) is 0 Å². The van der Waals surface area contributed by atoms with Gasteiger partial charge in [-0.1, -0.05) is 34.4 Å². The molecule has 2 aromatic carbocycles. The second kappa shape index (κ2) is 9.82. The van der Waals surface area contributed by atoms with Crippen LogP contribution < -0.4 is 10.2 Å². The van der Waals surface area contributed by atoms with E-state index in [-0.39, 0.29) is 5.91 Å². The number of benzene rings is 2. The van der Waals surface area contributed by atoms with Crippen LogP contribution in [0.1, 0.15) is 65.1 Å². The number of thiol groups is 1. The predicted molar refractivity (Wildman–Crippen MR) is 142 cm³/mol. The monoisotopic (exact) mass is 481 g/mol. The Labute approximate surface area is 205 Å². The fourth-order valence-electron chi connectivity index (χ4n) is 5.60. The van der Waals surface area contributed by atoms with Crippen LogP contribution in [0, 0.1) is 5.92 Å². The number of aryl methyl sites for hydroxylation is 1. The molecule has 2 aliphatic heterocycles. The van der Waals surface area contributed by atoms with Gasteiger partial charge in [-0.15, -0.1) is 0 Å². The number of carbonyl (C=O) groups is 1. The molecule has 184 valence electrons. The van der Waals surface area contributed by atoms with Crippen molar-refractivity contribution >= 4 is 21.7 Å². The van der Waals surface area contributed by atoms with Crippen LogP contribution in [0.4, 0.5) is 5.69 Å². The Kier molecular flexibility index (Phi) is 6.81. The first-order chi connectivity index (χ1) is 16.4. The minimum absolute atomic E-state index is 0.0260. The summed E-state index contributed by atoms with van der Waals surface area (Å²) in [5, 5.41) is 3.17. The van der Waals surface area contributed by atoms with E-state index in [0.29, 0.717) is 12.5 Å². The Morgan fingerprint density at radius 1 is 1.03 bits per heavy atom. The van der Waals surface area contributed by atoms with Gasteiger partial charge in [-0.25, -0.2) is 4.31 Å². The minimum Gasteiger partial charge on any atom is -0.367 e. The van der Waals surface area contributed by atoms with E-state index >= 15 is 0 Å². The number of nitrogens with zero attached hydrogens (tertiary/aromatic N) is 2. The maximum atomic E-state index is 12.9. The summed E-state index contributed by atoms with van der Waals surface area (Å²) < 4.78 is 14.4. The van der Waals surface area contributed by atoms with Gasteiger partial charge in [-0.05, 0) is 85.3 Å². The summed E-state index contributed by atoms with van der Waals surface area (Å²) in [6.45, 7) is 4.45. The summed E-state index contributed by atoms with van der Waals surface area (Å²) in [5.74, 6) is 1.25. The lowest BCUT2D eigenvalue weighted by Gasteiger charge is -2.37. The molecule has 0 radical (unpaired) electrons. The third kappa shape index (κ3) is 5.38. The zero-order valence-corrected chi connectivity index (χ0v) is 21.5. The lowest BCUT2D eigenvalue weighted by molar-refractivity contribution is 0.0941. The van der Waals surface area contributed by atoms with E-state index in [1.807, 2.05) is 18.6 Å². The van der Waals surface area contributed by atoms with Crippen molar-refractivity contribution in [3.8, 4) is 0 Å². The highest BCUT2D eigenvalue weighted by Gasteiger charge is 2.27. The topological polar surface area (TPSA) is 52.7 Å². The number of piperidine rings is 1. The van der Waals surface area contributed by atoms with E-state index in [9.17, 15) is 9.00 Å². The maximum Gasteiger partial charge on any atom is 0.251 e. The Morgan fingerprint density at radius 2 is 1.79 bits per heavy atom. The summed E-state index contributed by atoms with van der Waals surface area (Å²) in [6.07, 6.45) is 10.5. The molecular weight excluding hydrogens is 442 g/mol. The number of amides is 1. The second-order valence-corrected chi connectivity index (χ2v) is 13.9. The fourth-order valence-corrected chi connectivity index (χ4v) is 6.80. The highest BCUT2D eigenvalue weighted by Crippen LogP contribution is 2.42. The number of hydrogen-bond acceptors (Lipinski definition) is 3. The molecule has 5 rings (SSSR count). The van der Waals surface area contributed by atoms with Gasteiger partial charge in [0.25, 0.3) is 5.91 Å². The van der Waals surface area contributed by atoms with Crippen LogP contribution in [-0.4, -0.2) is 53.1 Å². The Morgan fingerprint density at radius 3 is 2.53 bits per heavy atom. The lowest BCUT2D eigenvalue weighted by Crippen LogP contribution is -2.43. The van der Waals surface area contributed by atoms with Gasteiger partial charge < -0.3 is 10.2 Å². The Balaban J connectivity index is 1.20. The summed E-state index contributed by atoms with van der Waals surface area (Å²) in [7, 11) is -2.16. The largest absolute Gasteiger partial charge is 0.367 e. The molecule has 2 aromatic rings. The zero-order chi connectivity index (χ0) is 23.7. The standard InChI is InChI=1S/C28H39N3O2S/c1-34(2,33)31-16-13-21(14-17-31)19-29-28(32)24-11-12-27-23(18-24)7-5-15-30(27)20-25-6-3-4-8-26(25)22-9-10-22/h3-4,6,8,11-12,18,21-22,34H,5,7,9-10,13-17,19-20H2,1-2H3,(H,29,32). The van der Waals surface area contributed by atoms with E-state index in [0.717, 1.165) is 63.3 Å². The van der Waals surface area contributed by atoms with E-state index < -0.39 is 10.1 Å². The molecule has 1 amide bonds. The van der Waals surface area contributed by atoms with Crippen LogP contribution in [0.25, 0.3) is 0 Å². The molecule has 2 heterocycles. The molecule has 0 spiro atoms. The quantitative estimate of drug-likeness (QED) is 0.584. The first-order valence-corrected chi connectivity index (χ1v) is 15.5.